The molecule has 0 radical (unpaired) electrons. The second-order valence-electron chi connectivity index (χ2n) is 8.31. The van der Waals surface area contributed by atoms with Gasteiger partial charge in [0.25, 0.3) is 0 Å². The molecule has 33 heavy (non-hydrogen) atoms. The third-order valence-corrected chi connectivity index (χ3v) is 7.98. The maximum absolute atomic E-state index is 13.0. The molecule has 0 aromatic heterocycles. The Morgan fingerprint density at radius 3 is 2.42 bits per heavy atom. The zero-order chi connectivity index (χ0) is 23.6. The second-order valence-corrected chi connectivity index (χ2v) is 10.2. The van der Waals surface area contributed by atoms with Crippen LogP contribution in [0, 0.1) is 0 Å². The molecule has 0 saturated carbocycles. The van der Waals surface area contributed by atoms with Crippen LogP contribution >= 0.6 is 0 Å². The van der Waals surface area contributed by atoms with Crippen LogP contribution in [0.5, 0.6) is 5.75 Å². The molecule has 0 spiro atoms. The fourth-order valence-electron chi connectivity index (χ4n) is 4.44. The van der Waals surface area contributed by atoms with E-state index in [0.717, 1.165) is 24.2 Å². The minimum atomic E-state index is -3.57. The molecule has 0 unspecified atom stereocenters. The summed E-state index contributed by atoms with van der Waals surface area (Å²) >= 11 is 0. The number of nitrogens with one attached hydrogen (secondary N) is 1. The molecule has 8 nitrogen and oxygen atoms in total. The van der Waals surface area contributed by atoms with Crippen molar-refractivity contribution in [1.29, 1.82) is 0 Å². The molecule has 1 N–H and O–H groups in total. The van der Waals surface area contributed by atoms with Gasteiger partial charge < -0.3 is 10.1 Å². The Hall–Kier alpha value is -2.91. The lowest BCUT2D eigenvalue weighted by Crippen LogP contribution is -2.47. The number of benzene rings is 2. The van der Waals surface area contributed by atoms with E-state index in [2.05, 4.69) is 5.32 Å². The van der Waals surface area contributed by atoms with E-state index in [-0.39, 0.29) is 23.1 Å². The van der Waals surface area contributed by atoms with Gasteiger partial charge in [0.15, 0.2) is 0 Å². The van der Waals surface area contributed by atoms with Crippen LogP contribution in [-0.4, -0.2) is 50.3 Å². The van der Waals surface area contributed by atoms with Crippen molar-refractivity contribution in [2.45, 2.75) is 50.6 Å². The summed E-state index contributed by atoms with van der Waals surface area (Å²) in [6, 6.07) is 11.5. The molecule has 176 valence electrons. The van der Waals surface area contributed by atoms with Gasteiger partial charge in [-0.05, 0) is 61.2 Å². The first kappa shape index (κ1) is 23.3. The molecule has 0 bridgehead atoms. The highest BCUT2D eigenvalue weighted by Crippen LogP contribution is 2.35. The Bertz CT molecular complexity index is 1140. The summed E-state index contributed by atoms with van der Waals surface area (Å²) in [7, 11) is -3.57. The predicted molar refractivity (Wildman–Crippen MR) is 125 cm³/mol. The molecular formula is C24H29N3O5S. The quantitative estimate of drug-likeness (QED) is 0.669. The van der Waals surface area contributed by atoms with Gasteiger partial charge in [0.2, 0.25) is 21.8 Å². The Balaban J connectivity index is 1.49. The van der Waals surface area contributed by atoms with E-state index in [1.54, 1.807) is 12.1 Å². The number of rotatable bonds is 7. The zero-order valence-corrected chi connectivity index (χ0v) is 19.7. The van der Waals surface area contributed by atoms with Crippen molar-refractivity contribution >= 4 is 27.5 Å². The summed E-state index contributed by atoms with van der Waals surface area (Å²) in [6.07, 6.45) is 1.99. The molecule has 9 heteroatoms. The third kappa shape index (κ3) is 4.74. The largest absolute Gasteiger partial charge is 0.494 e. The lowest BCUT2D eigenvalue weighted by molar-refractivity contribution is -0.125. The monoisotopic (exact) mass is 471 g/mol. The average Bonchev–Trinajstić information content (AvgIpc) is 3.46. The van der Waals surface area contributed by atoms with Crippen LogP contribution in [0.3, 0.4) is 0 Å². The summed E-state index contributed by atoms with van der Waals surface area (Å²) in [4.78, 5) is 27.1. The Labute approximate surface area is 194 Å². The number of sulfonamides is 1. The highest BCUT2D eigenvalue weighted by molar-refractivity contribution is 7.89. The summed E-state index contributed by atoms with van der Waals surface area (Å²) in [6.45, 7) is 5.28. The topological polar surface area (TPSA) is 96.0 Å². The van der Waals surface area contributed by atoms with Crippen molar-refractivity contribution in [3.63, 3.8) is 0 Å². The molecular weight excluding hydrogens is 442 g/mol. The van der Waals surface area contributed by atoms with Crippen molar-refractivity contribution in [1.82, 2.24) is 9.62 Å². The van der Waals surface area contributed by atoms with Crippen molar-refractivity contribution < 1.29 is 22.7 Å². The van der Waals surface area contributed by atoms with Gasteiger partial charge in [0.05, 0.1) is 11.5 Å². The number of carbonyl (C=O) groups excluding carboxylic acids is 2. The molecule has 1 saturated heterocycles. The highest BCUT2D eigenvalue weighted by atomic mass is 32.2. The standard InChI is InChI=1S/C24H29N3O5S/c1-3-32-20-8-6-18(7-9-20)16-25-24(29)23-15-19-14-21(10-11-22(19)27(23)17(2)28)33(30,31)26-12-4-5-13-26/h6-11,14,23H,3-5,12-13,15-16H2,1-2H3,(H,25,29)/t23-/m0/s1. The molecule has 1 atom stereocenters. The van der Waals surface area contributed by atoms with Gasteiger partial charge in [0.1, 0.15) is 11.8 Å². The Morgan fingerprint density at radius 1 is 1.09 bits per heavy atom. The smallest absolute Gasteiger partial charge is 0.243 e. The second kappa shape index (κ2) is 9.52. The van der Waals surface area contributed by atoms with Crippen molar-refractivity contribution in [2.24, 2.45) is 0 Å². The molecule has 0 aliphatic carbocycles. The van der Waals surface area contributed by atoms with Crippen LogP contribution in [0.2, 0.25) is 0 Å². The van der Waals surface area contributed by atoms with Gasteiger partial charge in [-0.1, -0.05) is 12.1 Å². The van der Waals surface area contributed by atoms with Gasteiger partial charge in [-0.15, -0.1) is 0 Å². The van der Waals surface area contributed by atoms with E-state index in [1.165, 1.54) is 22.2 Å². The normalized spacial score (nSPS) is 18.2. The third-order valence-electron chi connectivity index (χ3n) is 6.08. The molecule has 2 heterocycles. The van der Waals surface area contributed by atoms with Crippen LogP contribution in [0.15, 0.2) is 47.4 Å². The minimum Gasteiger partial charge on any atom is -0.494 e. The minimum absolute atomic E-state index is 0.210. The SMILES string of the molecule is CCOc1ccc(CNC(=O)[C@@H]2Cc3cc(S(=O)(=O)N4CCCC4)ccc3N2C(C)=O)cc1. The molecule has 2 amide bonds. The lowest BCUT2D eigenvalue weighted by atomic mass is 10.1. The van der Waals surface area contributed by atoms with E-state index in [1.807, 2.05) is 31.2 Å². The number of carbonyl (C=O) groups is 2. The van der Waals surface area contributed by atoms with Gasteiger partial charge >= 0.3 is 0 Å². The fourth-order valence-corrected chi connectivity index (χ4v) is 6.01. The molecule has 2 aromatic rings. The van der Waals surface area contributed by atoms with Crippen LogP contribution in [0.25, 0.3) is 0 Å². The van der Waals surface area contributed by atoms with Crippen LogP contribution < -0.4 is 15.0 Å². The summed E-state index contributed by atoms with van der Waals surface area (Å²) in [5.74, 6) is 0.227. The number of nitrogens with zero attached hydrogens (tertiary/aromatic N) is 2. The fraction of sp³-hybridized carbons (Fsp3) is 0.417. The number of hydrogen-bond donors (Lipinski definition) is 1. The lowest BCUT2D eigenvalue weighted by Gasteiger charge is -2.23. The first-order valence-corrected chi connectivity index (χ1v) is 12.7. The zero-order valence-electron chi connectivity index (χ0n) is 18.9. The molecule has 4 rings (SSSR count). The van der Waals surface area contributed by atoms with Crippen LogP contribution in [0.4, 0.5) is 5.69 Å². The summed E-state index contributed by atoms with van der Waals surface area (Å²) in [5, 5.41) is 2.90. The maximum Gasteiger partial charge on any atom is 0.243 e. The summed E-state index contributed by atoms with van der Waals surface area (Å²) in [5.41, 5.74) is 2.19. The van der Waals surface area contributed by atoms with E-state index in [0.29, 0.717) is 37.5 Å². The van der Waals surface area contributed by atoms with E-state index in [4.69, 9.17) is 4.74 Å². The van der Waals surface area contributed by atoms with Crippen molar-refractivity contribution in [2.75, 3.05) is 24.6 Å². The van der Waals surface area contributed by atoms with Crippen molar-refractivity contribution in [3.05, 3.63) is 53.6 Å². The number of ether oxygens (including phenoxy) is 1. The van der Waals surface area contributed by atoms with E-state index >= 15 is 0 Å². The average molecular weight is 472 g/mol. The Kier molecular flexibility index (Phi) is 6.71. The van der Waals surface area contributed by atoms with Crippen LogP contribution in [0.1, 0.15) is 37.8 Å². The number of amides is 2. The van der Waals surface area contributed by atoms with Gasteiger partial charge in [-0.25, -0.2) is 8.42 Å². The van der Waals surface area contributed by atoms with Gasteiger partial charge in [-0.2, -0.15) is 4.31 Å². The van der Waals surface area contributed by atoms with Crippen molar-refractivity contribution in [3.8, 4) is 5.75 Å². The number of hydrogen-bond acceptors (Lipinski definition) is 5. The first-order valence-electron chi connectivity index (χ1n) is 11.2. The van der Waals surface area contributed by atoms with E-state index < -0.39 is 16.1 Å². The summed E-state index contributed by atoms with van der Waals surface area (Å²) < 4.78 is 32.8. The molecule has 1 fully saturated rings. The predicted octanol–water partition coefficient (Wildman–Crippen LogP) is 2.46. The maximum atomic E-state index is 13.0. The molecule has 2 aliphatic heterocycles. The highest BCUT2D eigenvalue weighted by Gasteiger charge is 2.38. The number of fused-ring (bicyclic) bond motifs is 1. The Morgan fingerprint density at radius 2 is 1.79 bits per heavy atom. The molecule has 2 aromatic carbocycles. The van der Waals surface area contributed by atoms with Gasteiger partial charge in [0, 0.05) is 38.7 Å². The van der Waals surface area contributed by atoms with Gasteiger partial charge in [-0.3, -0.25) is 14.5 Å². The van der Waals surface area contributed by atoms with Crippen LogP contribution in [-0.2, 0) is 32.6 Å². The first-order chi connectivity index (χ1) is 15.8. The number of anilines is 1. The van der Waals surface area contributed by atoms with E-state index in [9.17, 15) is 18.0 Å². The molecule has 2 aliphatic rings.